The highest BCUT2D eigenvalue weighted by Crippen LogP contribution is 2.39. The number of rotatable bonds is 3. The number of thiazole rings is 1. The minimum Gasteiger partial charge on any atom is -0.389 e. The zero-order chi connectivity index (χ0) is 18.1. The van der Waals surface area contributed by atoms with Gasteiger partial charge in [0.1, 0.15) is 11.0 Å². The van der Waals surface area contributed by atoms with Crippen LogP contribution in [0.3, 0.4) is 0 Å². The van der Waals surface area contributed by atoms with Gasteiger partial charge in [0.2, 0.25) is 0 Å². The Morgan fingerprint density at radius 2 is 2.35 bits per heavy atom. The second-order valence-electron chi connectivity index (χ2n) is 6.03. The second-order valence-corrected chi connectivity index (χ2v) is 7.41. The Balaban J connectivity index is 1.48. The molecule has 2 amide bonds. The van der Waals surface area contributed by atoms with Crippen molar-refractivity contribution in [1.29, 1.82) is 0 Å². The minimum atomic E-state index is -0.275. The number of halogens is 1. The molecule has 4 rings (SSSR count). The van der Waals surface area contributed by atoms with Gasteiger partial charge in [-0.3, -0.25) is 0 Å². The van der Waals surface area contributed by atoms with Crippen LogP contribution in [-0.4, -0.2) is 34.1 Å². The molecule has 134 valence electrons. The molecule has 2 aromatic rings. The van der Waals surface area contributed by atoms with Crippen molar-refractivity contribution in [3.8, 4) is 0 Å². The Bertz CT molecular complexity index is 910. The molecule has 1 unspecified atom stereocenters. The molecule has 1 aromatic carbocycles. The smallest absolute Gasteiger partial charge is 0.322 e. The first kappa shape index (κ1) is 17.1. The van der Waals surface area contributed by atoms with Gasteiger partial charge < -0.3 is 15.3 Å². The second kappa shape index (κ2) is 7.14. The predicted molar refractivity (Wildman–Crippen MR) is 99.3 cm³/mol. The zero-order valence-electron chi connectivity index (χ0n) is 13.7. The summed E-state index contributed by atoms with van der Waals surface area (Å²) in [6.45, 7) is 0.940. The van der Waals surface area contributed by atoms with Gasteiger partial charge in [0.25, 0.3) is 0 Å². The Kier molecular flexibility index (Phi) is 4.71. The van der Waals surface area contributed by atoms with Gasteiger partial charge in [-0.1, -0.05) is 17.7 Å². The maximum Gasteiger partial charge on any atom is 0.322 e. The number of nitrogens with one attached hydrogen (secondary N) is 1. The summed E-state index contributed by atoms with van der Waals surface area (Å²) >= 11 is 7.36. The average molecular weight is 390 g/mol. The normalized spacial score (nSPS) is 19.0. The third-order valence-electron chi connectivity index (χ3n) is 4.32. The molecule has 7 nitrogen and oxygen atoms in total. The summed E-state index contributed by atoms with van der Waals surface area (Å²) in [7, 11) is 0. The quantitative estimate of drug-likeness (QED) is 0.831. The topological polar surface area (TPSA) is 90.2 Å². The van der Waals surface area contributed by atoms with E-state index in [0.717, 1.165) is 17.0 Å². The van der Waals surface area contributed by atoms with E-state index in [1.165, 1.54) is 11.3 Å². The zero-order valence-corrected chi connectivity index (χ0v) is 15.3. The van der Waals surface area contributed by atoms with Crippen LogP contribution in [0, 0.1) is 0 Å². The van der Waals surface area contributed by atoms with Crippen molar-refractivity contribution in [2.24, 2.45) is 10.2 Å². The molecule has 0 fully saturated rings. The first-order valence-corrected chi connectivity index (χ1v) is 9.39. The van der Waals surface area contributed by atoms with E-state index < -0.39 is 0 Å². The van der Waals surface area contributed by atoms with E-state index in [1.54, 1.807) is 29.2 Å². The van der Waals surface area contributed by atoms with Crippen molar-refractivity contribution in [3.05, 3.63) is 56.6 Å². The lowest BCUT2D eigenvalue weighted by Gasteiger charge is -2.28. The van der Waals surface area contributed by atoms with Crippen LogP contribution >= 0.6 is 22.9 Å². The molecule has 1 atom stereocenters. The van der Waals surface area contributed by atoms with Gasteiger partial charge in [0.15, 0.2) is 0 Å². The number of amides is 2. The number of anilines is 1. The molecule has 0 radical (unpaired) electrons. The summed E-state index contributed by atoms with van der Waals surface area (Å²) in [4.78, 5) is 18.7. The third-order valence-corrected chi connectivity index (χ3v) is 5.41. The average Bonchev–Trinajstić information content (AvgIpc) is 3.27. The SMILES string of the molecule is O=C(Nc1cccc(Cl)c1)N1CCC2=C(C1)C(c1csc(CO)n1)N=N2. The van der Waals surface area contributed by atoms with Crippen LogP contribution in [0.4, 0.5) is 10.5 Å². The minimum absolute atomic E-state index is 0.0887. The van der Waals surface area contributed by atoms with Crippen molar-refractivity contribution >= 4 is 34.7 Å². The summed E-state index contributed by atoms with van der Waals surface area (Å²) < 4.78 is 0. The number of aliphatic hydroxyl groups is 1. The number of benzene rings is 1. The fourth-order valence-corrected chi connectivity index (χ4v) is 3.90. The molecular weight excluding hydrogens is 374 g/mol. The first-order chi connectivity index (χ1) is 12.6. The molecule has 9 heteroatoms. The van der Waals surface area contributed by atoms with Crippen LogP contribution in [0.2, 0.25) is 5.02 Å². The van der Waals surface area contributed by atoms with Crippen LogP contribution in [0.5, 0.6) is 0 Å². The molecule has 0 saturated carbocycles. The predicted octanol–water partition coefficient (Wildman–Crippen LogP) is 3.99. The monoisotopic (exact) mass is 389 g/mol. The van der Waals surface area contributed by atoms with Crippen molar-refractivity contribution in [2.75, 3.05) is 18.4 Å². The fraction of sp³-hybridized carbons (Fsp3) is 0.294. The lowest BCUT2D eigenvalue weighted by Crippen LogP contribution is -2.40. The van der Waals surface area contributed by atoms with Gasteiger partial charge in [-0.15, -0.1) is 11.3 Å². The van der Waals surface area contributed by atoms with Crippen LogP contribution in [0.15, 0.2) is 51.1 Å². The van der Waals surface area contributed by atoms with E-state index >= 15 is 0 Å². The van der Waals surface area contributed by atoms with Gasteiger partial charge in [-0.2, -0.15) is 10.2 Å². The highest BCUT2D eigenvalue weighted by molar-refractivity contribution is 7.09. The van der Waals surface area contributed by atoms with Gasteiger partial charge in [0, 0.05) is 41.2 Å². The number of hydrogen-bond acceptors (Lipinski definition) is 6. The van der Waals surface area contributed by atoms with E-state index in [9.17, 15) is 9.90 Å². The van der Waals surface area contributed by atoms with E-state index in [2.05, 4.69) is 20.5 Å². The largest absolute Gasteiger partial charge is 0.389 e. The Morgan fingerprint density at radius 1 is 1.46 bits per heavy atom. The number of carbonyl (C=O) groups excluding carboxylic acids is 1. The molecule has 0 bridgehead atoms. The molecule has 0 saturated heterocycles. The van der Waals surface area contributed by atoms with Crippen LogP contribution in [0.25, 0.3) is 0 Å². The number of carbonyl (C=O) groups is 1. The lowest BCUT2D eigenvalue weighted by molar-refractivity contribution is 0.213. The van der Waals surface area contributed by atoms with Gasteiger partial charge in [-0.05, 0) is 18.2 Å². The highest BCUT2D eigenvalue weighted by atomic mass is 35.5. The van der Waals surface area contributed by atoms with Crippen molar-refractivity contribution in [2.45, 2.75) is 19.1 Å². The maximum atomic E-state index is 12.6. The van der Waals surface area contributed by atoms with Gasteiger partial charge >= 0.3 is 6.03 Å². The fourth-order valence-electron chi connectivity index (χ4n) is 3.04. The van der Waals surface area contributed by atoms with Crippen molar-refractivity contribution in [3.63, 3.8) is 0 Å². The molecule has 3 heterocycles. The number of aromatic nitrogens is 1. The molecule has 0 aliphatic carbocycles. The molecule has 26 heavy (non-hydrogen) atoms. The molecule has 2 N–H and O–H groups in total. The van der Waals surface area contributed by atoms with Crippen molar-refractivity contribution in [1.82, 2.24) is 9.88 Å². The Morgan fingerprint density at radius 3 is 3.12 bits per heavy atom. The molecular formula is C17H16ClN5O2S. The first-order valence-electron chi connectivity index (χ1n) is 8.13. The van der Waals surface area contributed by atoms with Crippen LogP contribution < -0.4 is 5.32 Å². The molecule has 2 aliphatic heterocycles. The van der Waals surface area contributed by atoms with Crippen LogP contribution in [-0.2, 0) is 6.61 Å². The standard InChI is InChI=1S/C17H16ClN5O2S/c18-10-2-1-3-11(6-10)19-17(25)23-5-4-13-12(7-23)16(22-21-13)14-9-26-15(8-24)20-14/h1-3,6,9,16,24H,4-5,7-8H2,(H,19,25). The van der Waals surface area contributed by atoms with Gasteiger partial charge in [-0.25, -0.2) is 9.78 Å². The maximum absolute atomic E-state index is 12.6. The number of aliphatic hydroxyl groups excluding tert-OH is 1. The van der Waals surface area contributed by atoms with Crippen molar-refractivity contribution < 1.29 is 9.90 Å². The van der Waals surface area contributed by atoms with E-state index in [0.29, 0.717) is 35.2 Å². The van der Waals surface area contributed by atoms with E-state index in [-0.39, 0.29) is 18.7 Å². The summed E-state index contributed by atoms with van der Waals surface area (Å²) in [5.41, 5.74) is 3.35. The van der Waals surface area contributed by atoms with Gasteiger partial charge in [0.05, 0.1) is 18.0 Å². The summed E-state index contributed by atoms with van der Waals surface area (Å²) in [5, 5.41) is 23.8. The Hall–Kier alpha value is -2.29. The number of nitrogens with zero attached hydrogens (tertiary/aromatic N) is 4. The molecule has 0 spiro atoms. The van der Waals surface area contributed by atoms with E-state index in [1.807, 2.05) is 5.38 Å². The summed E-state index contributed by atoms with van der Waals surface area (Å²) in [5.74, 6) is 0. The number of urea groups is 1. The third kappa shape index (κ3) is 3.35. The Labute approximate surface area is 159 Å². The lowest BCUT2D eigenvalue weighted by atomic mass is 9.99. The highest BCUT2D eigenvalue weighted by Gasteiger charge is 2.33. The number of hydrogen-bond donors (Lipinski definition) is 2. The molecule has 2 aliphatic rings. The molecule has 1 aromatic heterocycles. The van der Waals surface area contributed by atoms with Crippen LogP contribution in [0.1, 0.15) is 23.2 Å². The van der Waals surface area contributed by atoms with E-state index in [4.69, 9.17) is 11.6 Å². The summed E-state index contributed by atoms with van der Waals surface area (Å²) in [6, 6.07) is 6.61. The summed E-state index contributed by atoms with van der Waals surface area (Å²) in [6.07, 6.45) is 0.662. The number of azo groups is 1.